The molecule has 0 bridgehead atoms. The Labute approximate surface area is 129 Å². The van der Waals surface area contributed by atoms with Gasteiger partial charge in [0.15, 0.2) is 11.3 Å². The van der Waals surface area contributed by atoms with Crippen LogP contribution in [0.15, 0.2) is 12.1 Å². The third-order valence-electron chi connectivity index (χ3n) is 3.36. The number of nitrogens with zero attached hydrogens (tertiary/aromatic N) is 3. The van der Waals surface area contributed by atoms with Crippen LogP contribution in [0.4, 0.5) is 13.2 Å². The van der Waals surface area contributed by atoms with Gasteiger partial charge in [-0.2, -0.15) is 30.9 Å². The zero-order valence-electron chi connectivity index (χ0n) is 11.4. The lowest BCUT2D eigenvalue weighted by Gasteiger charge is -2.10. The smallest absolute Gasteiger partial charge is 0.350 e. The number of halogens is 3. The first-order chi connectivity index (χ1) is 10.4. The van der Waals surface area contributed by atoms with E-state index in [0.29, 0.717) is 22.5 Å². The summed E-state index contributed by atoms with van der Waals surface area (Å²) < 4.78 is 40.3. The molecule has 0 spiro atoms. The van der Waals surface area contributed by atoms with E-state index < -0.39 is 17.8 Å². The van der Waals surface area contributed by atoms with Gasteiger partial charge in [-0.3, -0.25) is 4.79 Å². The Hall–Kier alpha value is -1.77. The van der Waals surface area contributed by atoms with Gasteiger partial charge in [-0.15, -0.1) is 0 Å². The first-order valence-corrected chi connectivity index (χ1v) is 7.40. The molecule has 1 aliphatic carbocycles. The van der Waals surface area contributed by atoms with Crippen molar-refractivity contribution in [2.45, 2.75) is 24.9 Å². The van der Waals surface area contributed by atoms with E-state index in [1.165, 1.54) is 6.07 Å². The summed E-state index contributed by atoms with van der Waals surface area (Å²) in [5.74, 6) is -0.0418. The molecule has 0 atom stereocenters. The summed E-state index contributed by atoms with van der Waals surface area (Å²) in [5, 5.41) is 6.27. The van der Waals surface area contributed by atoms with E-state index in [9.17, 15) is 18.0 Å². The van der Waals surface area contributed by atoms with Crippen molar-refractivity contribution in [3.63, 3.8) is 0 Å². The molecule has 1 aliphatic rings. The van der Waals surface area contributed by atoms with Crippen molar-refractivity contribution in [2.24, 2.45) is 0 Å². The number of hydrogen-bond donors (Lipinski definition) is 2. The number of fused-ring (bicyclic) bond motifs is 1. The van der Waals surface area contributed by atoms with Crippen LogP contribution >= 0.6 is 12.6 Å². The van der Waals surface area contributed by atoms with Crippen LogP contribution in [0.25, 0.3) is 5.65 Å². The molecule has 5 nitrogen and oxygen atoms in total. The van der Waals surface area contributed by atoms with Gasteiger partial charge in [-0.05, 0) is 18.9 Å². The highest BCUT2D eigenvalue weighted by Crippen LogP contribution is 2.41. The number of hydrogen-bond acceptors (Lipinski definition) is 4. The summed E-state index contributed by atoms with van der Waals surface area (Å²) >= 11 is 3.95. The number of rotatable bonds is 4. The van der Waals surface area contributed by atoms with E-state index in [4.69, 9.17) is 0 Å². The molecule has 2 heterocycles. The lowest BCUT2D eigenvalue weighted by atomic mass is 10.2. The van der Waals surface area contributed by atoms with Crippen molar-refractivity contribution >= 4 is 24.2 Å². The highest BCUT2D eigenvalue weighted by molar-refractivity contribution is 7.80. The van der Waals surface area contributed by atoms with Crippen LogP contribution in [0.5, 0.6) is 0 Å². The SMILES string of the molecule is O=C(NCCS)c1cc2nc(C3CC3)cc(C(F)(F)F)n2n1. The average molecular weight is 330 g/mol. The third-order valence-corrected chi connectivity index (χ3v) is 3.59. The zero-order valence-corrected chi connectivity index (χ0v) is 12.3. The van der Waals surface area contributed by atoms with Crippen LogP contribution in [0.2, 0.25) is 0 Å². The lowest BCUT2D eigenvalue weighted by molar-refractivity contribution is -0.142. The molecule has 1 fully saturated rings. The monoisotopic (exact) mass is 330 g/mol. The highest BCUT2D eigenvalue weighted by atomic mass is 32.1. The van der Waals surface area contributed by atoms with Crippen molar-refractivity contribution in [2.75, 3.05) is 12.3 Å². The first-order valence-electron chi connectivity index (χ1n) is 6.77. The predicted molar refractivity (Wildman–Crippen MR) is 76.2 cm³/mol. The van der Waals surface area contributed by atoms with E-state index in [1.54, 1.807) is 0 Å². The van der Waals surface area contributed by atoms with E-state index in [-0.39, 0.29) is 17.3 Å². The van der Waals surface area contributed by atoms with Gasteiger partial charge in [0.25, 0.3) is 5.91 Å². The largest absolute Gasteiger partial charge is 0.433 e. The summed E-state index contributed by atoms with van der Waals surface area (Å²) in [5.41, 5.74) is -0.560. The minimum Gasteiger partial charge on any atom is -0.350 e. The molecule has 118 valence electrons. The van der Waals surface area contributed by atoms with Crippen LogP contribution in [0, 0.1) is 0 Å². The number of alkyl halides is 3. The molecule has 1 amide bonds. The van der Waals surface area contributed by atoms with Crippen molar-refractivity contribution < 1.29 is 18.0 Å². The van der Waals surface area contributed by atoms with Crippen molar-refractivity contribution in [1.82, 2.24) is 19.9 Å². The lowest BCUT2D eigenvalue weighted by Crippen LogP contribution is -2.25. The molecule has 22 heavy (non-hydrogen) atoms. The maximum atomic E-state index is 13.2. The molecule has 0 saturated heterocycles. The van der Waals surface area contributed by atoms with Gasteiger partial charge in [-0.1, -0.05) is 0 Å². The van der Waals surface area contributed by atoms with Gasteiger partial charge in [-0.25, -0.2) is 9.50 Å². The van der Waals surface area contributed by atoms with E-state index in [1.807, 2.05) is 0 Å². The standard InChI is InChI=1S/C13H13F3N4OS/c14-13(15,16)10-5-8(7-1-2-7)18-11-6-9(19-20(10)11)12(21)17-3-4-22/h5-7,22H,1-4H2,(H,17,21). The maximum Gasteiger partial charge on any atom is 0.433 e. The third kappa shape index (κ3) is 2.90. The van der Waals surface area contributed by atoms with Gasteiger partial charge < -0.3 is 5.32 Å². The number of carbonyl (C=O) groups excluding carboxylic acids is 1. The number of nitrogens with one attached hydrogen (secondary N) is 1. The molecule has 0 aliphatic heterocycles. The predicted octanol–water partition coefficient (Wildman–Crippen LogP) is 2.29. The number of thiol groups is 1. The number of aromatic nitrogens is 3. The molecule has 1 saturated carbocycles. The van der Waals surface area contributed by atoms with Crippen LogP contribution in [0.1, 0.15) is 40.6 Å². The topological polar surface area (TPSA) is 59.3 Å². The molecule has 1 N–H and O–H groups in total. The molecule has 0 aromatic carbocycles. The van der Waals surface area contributed by atoms with Crippen molar-refractivity contribution in [3.05, 3.63) is 29.2 Å². The van der Waals surface area contributed by atoms with Gasteiger partial charge in [0.05, 0.1) is 0 Å². The number of carbonyl (C=O) groups is 1. The Balaban J connectivity index is 2.07. The molecule has 3 rings (SSSR count). The fraction of sp³-hybridized carbons (Fsp3) is 0.462. The fourth-order valence-corrected chi connectivity index (χ4v) is 2.27. The molecule has 0 radical (unpaired) electrons. The van der Waals surface area contributed by atoms with Gasteiger partial charge in [0, 0.05) is 30.0 Å². The molecular formula is C13H13F3N4OS. The summed E-state index contributed by atoms with van der Waals surface area (Å²) in [6, 6.07) is 2.29. The minimum absolute atomic E-state index is 0.0350. The van der Waals surface area contributed by atoms with Gasteiger partial charge >= 0.3 is 6.18 Å². The summed E-state index contributed by atoms with van der Waals surface area (Å²) in [6.45, 7) is 0.308. The Morgan fingerprint density at radius 1 is 1.41 bits per heavy atom. The Bertz CT molecular complexity index is 724. The van der Waals surface area contributed by atoms with Crippen molar-refractivity contribution in [1.29, 1.82) is 0 Å². The Morgan fingerprint density at radius 2 is 2.14 bits per heavy atom. The molecule has 9 heteroatoms. The van der Waals surface area contributed by atoms with E-state index in [0.717, 1.165) is 18.9 Å². The average Bonchev–Trinajstić information content (AvgIpc) is 3.21. The Morgan fingerprint density at radius 3 is 2.73 bits per heavy atom. The second kappa shape index (κ2) is 5.45. The van der Waals surface area contributed by atoms with Crippen LogP contribution in [-0.2, 0) is 6.18 Å². The summed E-state index contributed by atoms with van der Waals surface area (Å²) in [7, 11) is 0. The molecule has 2 aromatic rings. The quantitative estimate of drug-likeness (QED) is 0.846. The Kier molecular flexibility index (Phi) is 3.75. The van der Waals surface area contributed by atoms with Crippen LogP contribution < -0.4 is 5.32 Å². The second-order valence-corrected chi connectivity index (χ2v) is 5.56. The van der Waals surface area contributed by atoms with Gasteiger partial charge in [0.2, 0.25) is 0 Å². The fourth-order valence-electron chi connectivity index (χ4n) is 2.16. The summed E-state index contributed by atoms with van der Waals surface area (Å²) in [4.78, 5) is 16.0. The van der Waals surface area contributed by atoms with E-state index >= 15 is 0 Å². The maximum absolute atomic E-state index is 13.2. The van der Waals surface area contributed by atoms with Gasteiger partial charge in [0.1, 0.15) is 5.69 Å². The first kappa shape index (κ1) is 15.1. The zero-order chi connectivity index (χ0) is 15.9. The van der Waals surface area contributed by atoms with Crippen LogP contribution in [0.3, 0.4) is 0 Å². The van der Waals surface area contributed by atoms with Crippen LogP contribution in [-0.4, -0.2) is 32.8 Å². The summed E-state index contributed by atoms with van der Waals surface area (Å²) in [6.07, 6.45) is -2.89. The normalized spacial score (nSPS) is 15.3. The van der Waals surface area contributed by atoms with Crippen molar-refractivity contribution in [3.8, 4) is 0 Å². The molecular weight excluding hydrogens is 317 g/mol. The molecule has 0 unspecified atom stereocenters. The number of amides is 1. The molecule has 2 aromatic heterocycles. The minimum atomic E-state index is -4.56. The highest BCUT2D eigenvalue weighted by Gasteiger charge is 2.37. The van der Waals surface area contributed by atoms with E-state index in [2.05, 4.69) is 28.0 Å². The second-order valence-electron chi connectivity index (χ2n) is 5.12.